The zero-order valence-corrected chi connectivity index (χ0v) is 25.4. The molecule has 0 aliphatic heterocycles. The first-order valence-electron chi connectivity index (χ1n) is 13.5. The van der Waals surface area contributed by atoms with E-state index in [0.29, 0.717) is 11.3 Å². The van der Waals surface area contributed by atoms with Crippen molar-refractivity contribution in [2.45, 2.75) is 24.6 Å². The molecule has 234 valence electrons. The number of ketones is 2. The fraction of sp³-hybridized carbons (Fsp3) is 0.235. The van der Waals surface area contributed by atoms with Crippen LogP contribution in [0.25, 0.3) is 0 Å². The number of allylic oxidation sites excluding steroid dienone is 4. The molecule has 6 nitrogen and oxygen atoms in total. The molecule has 0 saturated carbocycles. The fourth-order valence-corrected chi connectivity index (χ4v) is 4.34. The SMILES string of the molecule is C=CC(C1=CC(=O)C(OC)=CC1=O)c1ccc(OC)cc1.CNCCC(Oc1ccc(C(F)(F)F)cc1)c1ccccc1.Cl. The number of benzene rings is 3. The van der Waals surface area contributed by atoms with E-state index < -0.39 is 11.7 Å². The highest BCUT2D eigenvalue weighted by Crippen LogP contribution is 2.32. The molecule has 0 saturated heterocycles. The largest absolute Gasteiger partial charge is 0.497 e. The van der Waals surface area contributed by atoms with Gasteiger partial charge in [-0.1, -0.05) is 48.5 Å². The van der Waals surface area contributed by atoms with Gasteiger partial charge in [-0.2, -0.15) is 13.2 Å². The highest BCUT2D eigenvalue weighted by atomic mass is 35.5. The Hall–Kier alpha value is -4.34. The summed E-state index contributed by atoms with van der Waals surface area (Å²) in [4.78, 5) is 24.0. The van der Waals surface area contributed by atoms with Gasteiger partial charge in [0.05, 0.1) is 19.8 Å². The van der Waals surface area contributed by atoms with Crippen LogP contribution in [0.4, 0.5) is 13.2 Å². The molecule has 2 unspecified atom stereocenters. The second-order valence-corrected chi connectivity index (χ2v) is 9.46. The molecule has 1 N–H and O–H groups in total. The van der Waals surface area contributed by atoms with E-state index >= 15 is 0 Å². The van der Waals surface area contributed by atoms with Crippen molar-refractivity contribution in [1.29, 1.82) is 0 Å². The summed E-state index contributed by atoms with van der Waals surface area (Å²) in [6.45, 7) is 4.52. The number of hydrogen-bond acceptors (Lipinski definition) is 6. The van der Waals surface area contributed by atoms with Gasteiger partial charge in [0, 0.05) is 24.0 Å². The smallest absolute Gasteiger partial charge is 0.416 e. The summed E-state index contributed by atoms with van der Waals surface area (Å²) >= 11 is 0. The minimum absolute atomic E-state index is 0. The third kappa shape index (κ3) is 9.86. The zero-order chi connectivity index (χ0) is 31.4. The molecule has 0 bridgehead atoms. The lowest BCUT2D eigenvalue weighted by atomic mass is 9.85. The molecule has 3 aromatic rings. The molecule has 1 aliphatic carbocycles. The van der Waals surface area contributed by atoms with Gasteiger partial charge in [-0.25, -0.2) is 0 Å². The van der Waals surface area contributed by atoms with E-state index in [2.05, 4.69) is 11.9 Å². The molecule has 2 atom stereocenters. The number of alkyl halides is 3. The van der Waals surface area contributed by atoms with Crippen molar-refractivity contribution in [3.8, 4) is 11.5 Å². The second kappa shape index (κ2) is 17.1. The van der Waals surface area contributed by atoms with Crippen LogP contribution in [-0.2, 0) is 20.5 Å². The van der Waals surface area contributed by atoms with Crippen LogP contribution >= 0.6 is 12.4 Å². The van der Waals surface area contributed by atoms with Crippen molar-refractivity contribution >= 4 is 24.0 Å². The molecule has 44 heavy (non-hydrogen) atoms. The monoisotopic (exact) mass is 629 g/mol. The van der Waals surface area contributed by atoms with Gasteiger partial charge in [-0.15, -0.1) is 19.0 Å². The fourth-order valence-electron chi connectivity index (χ4n) is 4.34. The Balaban J connectivity index is 0.000000300. The zero-order valence-electron chi connectivity index (χ0n) is 24.6. The van der Waals surface area contributed by atoms with Crippen LogP contribution in [0.3, 0.4) is 0 Å². The Morgan fingerprint density at radius 3 is 1.95 bits per heavy atom. The maximum Gasteiger partial charge on any atom is 0.416 e. The van der Waals surface area contributed by atoms with Gasteiger partial charge in [0.2, 0.25) is 5.78 Å². The Morgan fingerprint density at radius 2 is 1.43 bits per heavy atom. The van der Waals surface area contributed by atoms with Gasteiger partial charge in [0.15, 0.2) is 11.5 Å². The van der Waals surface area contributed by atoms with Gasteiger partial charge < -0.3 is 19.5 Å². The molecule has 1 aliphatic rings. The van der Waals surface area contributed by atoms with Crippen molar-refractivity contribution in [2.24, 2.45) is 0 Å². The molecule has 0 radical (unpaired) electrons. The van der Waals surface area contributed by atoms with Crippen LogP contribution in [0.5, 0.6) is 11.5 Å². The van der Waals surface area contributed by atoms with Crippen LogP contribution in [-0.4, -0.2) is 39.4 Å². The Labute approximate surface area is 261 Å². The van der Waals surface area contributed by atoms with E-state index in [0.717, 1.165) is 42.0 Å². The highest BCUT2D eigenvalue weighted by Gasteiger charge is 2.30. The van der Waals surface area contributed by atoms with Crippen LogP contribution < -0.4 is 14.8 Å². The molecule has 10 heteroatoms. The number of hydrogen-bond donors (Lipinski definition) is 1. The first-order valence-corrected chi connectivity index (χ1v) is 13.5. The lowest BCUT2D eigenvalue weighted by Gasteiger charge is -2.20. The van der Waals surface area contributed by atoms with E-state index in [1.807, 2.05) is 49.5 Å². The first kappa shape index (κ1) is 35.9. The third-order valence-corrected chi connectivity index (χ3v) is 6.63. The van der Waals surface area contributed by atoms with Gasteiger partial charge in [0.25, 0.3) is 0 Å². The molecule has 0 heterocycles. The molecule has 0 fully saturated rings. The summed E-state index contributed by atoms with van der Waals surface area (Å²) in [7, 11) is 4.80. The van der Waals surface area contributed by atoms with Gasteiger partial charge in [-0.3, -0.25) is 9.59 Å². The van der Waals surface area contributed by atoms with E-state index in [9.17, 15) is 22.8 Å². The molecule has 0 spiro atoms. The van der Waals surface area contributed by atoms with Crippen molar-refractivity contribution in [2.75, 3.05) is 27.8 Å². The number of carbonyl (C=O) groups excluding carboxylic acids is 2. The van der Waals surface area contributed by atoms with Crippen molar-refractivity contribution < 1.29 is 37.0 Å². The molecule has 4 rings (SSSR count). The van der Waals surface area contributed by atoms with E-state index in [-0.39, 0.29) is 41.8 Å². The van der Waals surface area contributed by atoms with Crippen molar-refractivity contribution in [3.05, 3.63) is 132 Å². The van der Waals surface area contributed by atoms with Crippen LogP contribution in [0.1, 0.15) is 35.1 Å². The number of halogens is 4. The normalized spacial score (nSPS) is 14.0. The first-order chi connectivity index (χ1) is 20.6. The predicted octanol–water partition coefficient (Wildman–Crippen LogP) is 7.43. The van der Waals surface area contributed by atoms with Crippen molar-refractivity contribution in [3.63, 3.8) is 0 Å². The highest BCUT2D eigenvalue weighted by molar-refractivity contribution is 6.19. The topological polar surface area (TPSA) is 73.9 Å². The van der Waals surface area contributed by atoms with E-state index in [1.165, 1.54) is 31.4 Å². The number of rotatable bonds is 11. The summed E-state index contributed by atoms with van der Waals surface area (Å²) in [6.07, 6.45) is 0.371. The molecule has 3 aromatic carbocycles. The Kier molecular flexibility index (Phi) is 13.9. The number of ether oxygens (including phenoxy) is 3. The lowest BCUT2D eigenvalue weighted by molar-refractivity contribution is -0.137. The number of methoxy groups -OCH3 is 2. The Morgan fingerprint density at radius 1 is 0.818 bits per heavy atom. The minimum Gasteiger partial charge on any atom is -0.497 e. The molecular weight excluding hydrogens is 595 g/mol. The maximum atomic E-state index is 12.6. The third-order valence-electron chi connectivity index (χ3n) is 6.63. The average Bonchev–Trinajstić information content (AvgIpc) is 3.02. The quantitative estimate of drug-likeness (QED) is 0.176. The number of nitrogens with one attached hydrogen (secondary N) is 1. The minimum atomic E-state index is -4.33. The predicted molar refractivity (Wildman–Crippen MR) is 166 cm³/mol. The summed E-state index contributed by atoms with van der Waals surface area (Å²) < 4.78 is 53.5. The summed E-state index contributed by atoms with van der Waals surface area (Å²) in [6, 6.07) is 21.7. The molecule has 0 amide bonds. The summed E-state index contributed by atoms with van der Waals surface area (Å²) in [5, 5.41) is 3.05. The van der Waals surface area contributed by atoms with Crippen LogP contribution in [0.2, 0.25) is 0 Å². The van der Waals surface area contributed by atoms with Gasteiger partial charge in [-0.05, 0) is 67.2 Å². The summed E-state index contributed by atoms with van der Waals surface area (Å²) in [5.41, 5.74) is 1.58. The maximum absolute atomic E-state index is 12.6. The Bertz CT molecular complexity index is 1440. The van der Waals surface area contributed by atoms with E-state index in [1.54, 1.807) is 25.3 Å². The lowest BCUT2D eigenvalue weighted by Crippen LogP contribution is -2.18. The van der Waals surface area contributed by atoms with Gasteiger partial charge in [0.1, 0.15) is 17.6 Å². The van der Waals surface area contributed by atoms with E-state index in [4.69, 9.17) is 14.2 Å². The van der Waals surface area contributed by atoms with Crippen LogP contribution in [0, 0.1) is 0 Å². The van der Waals surface area contributed by atoms with Crippen molar-refractivity contribution in [1.82, 2.24) is 5.32 Å². The average molecular weight is 630 g/mol. The van der Waals surface area contributed by atoms with Gasteiger partial charge >= 0.3 is 6.18 Å². The number of carbonyl (C=O) groups is 2. The molecular formula is C34H35ClF3NO5. The second-order valence-electron chi connectivity index (χ2n) is 9.46. The van der Waals surface area contributed by atoms with Crippen LogP contribution in [0.15, 0.2) is 115 Å². The molecule has 0 aromatic heterocycles. The standard InChI is InChI=1S/C17H18F3NO.C17H16O4.ClH/c1-21-12-11-16(13-5-3-2-4-6-13)22-15-9-7-14(8-10-15)17(18,19)20;1-4-13(11-5-7-12(20-2)8-6-11)14-9-16(19)17(21-3)10-15(14)18;/h2-10,16,21H,11-12H2,1H3;4-10,13H,1H2,2-3H3;1H. The summed E-state index contributed by atoms with van der Waals surface area (Å²) in [5.74, 6) is 0.309.